The van der Waals surface area contributed by atoms with Crippen molar-refractivity contribution in [2.24, 2.45) is 0 Å². The summed E-state index contributed by atoms with van der Waals surface area (Å²) >= 11 is 0. The van der Waals surface area contributed by atoms with E-state index in [4.69, 9.17) is 4.42 Å². The molecule has 3 nitrogen and oxygen atoms in total. The van der Waals surface area contributed by atoms with Gasteiger partial charge in [0, 0.05) is 27.2 Å². The Labute approximate surface area is 306 Å². The topological polar surface area (TPSA) is 21.3 Å². The second-order valence-electron chi connectivity index (χ2n) is 13.7. The molecular weight excluding hydrogens is 645 g/mol. The van der Waals surface area contributed by atoms with Crippen molar-refractivity contribution in [3.05, 3.63) is 194 Å². The van der Waals surface area contributed by atoms with Gasteiger partial charge in [0.1, 0.15) is 11.2 Å². The van der Waals surface area contributed by atoms with E-state index in [0.29, 0.717) is 0 Å². The molecule has 3 heteroatoms. The summed E-state index contributed by atoms with van der Waals surface area (Å²) < 4.78 is 9.14. The molecule has 0 N–H and O–H groups in total. The summed E-state index contributed by atoms with van der Waals surface area (Å²) in [5.74, 6) is 0. The van der Waals surface area contributed by atoms with Gasteiger partial charge in [0.15, 0.2) is 0 Å². The van der Waals surface area contributed by atoms with Crippen LogP contribution in [0.15, 0.2) is 199 Å². The number of fused-ring (bicyclic) bond motifs is 9. The van der Waals surface area contributed by atoms with Gasteiger partial charge in [0.25, 0.3) is 0 Å². The summed E-state index contributed by atoms with van der Waals surface area (Å²) in [6.45, 7) is 0. The van der Waals surface area contributed by atoms with Crippen LogP contribution in [0.2, 0.25) is 0 Å². The van der Waals surface area contributed by atoms with Gasteiger partial charge in [-0.2, -0.15) is 0 Å². The SMILES string of the molecule is c1ccc(-n2c3ccccc3c3ccccc32)c(N(c2ccc(-c3ccc4ccccc4c3)cc2)c2cccc3oc4c5ccccc5ccc4c23)c1. The van der Waals surface area contributed by atoms with Crippen molar-refractivity contribution >= 4 is 82.4 Å². The van der Waals surface area contributed by atoms with E-state index in [-0.39, 0.29) is 0 Å². The standard InChI is InChI=1S/C50H32N2O/c1-2-14-36-32-37(25-24-33(36)12-1)34-26-29-38(30-27-34)51(47-22-11-23-48-49(47)42-31-28-35-13-3-4-15-39(35)50(42)53-48)45-20-9-10-21-46(45)52-43-18-7-5-16-40(43)41-17-6-8-19-44(41)52/h1-32H. The highest BCUT2D eigenvalue weighted by molar-refractivity contribution is 6.20. The molecule has 248 valence electrons. The third kappa shape index (κ3) is 4.61. The van der Waals surface area contributed by atoms with E-state index in [1.165, 1.54) is 49.1 Å². The van der Waals surface area contributed by atoms with Gasteiger partial charge in [-0.1, -0.05) is 133 Å². The highest BCUT2D eigenvalue weighted by atomic mass is 16.3. The van der Waals surface area contributed by atoms with Crippen molar-refractivity contribution in [1.29, 1.82) is 0 Å². The second kappa shape index (κ2) is 11.7. The Balaban J connectivity index is 1.18. The minimum Gasteiger partial charge on any atom is -0.455 e. The Morgan fingerprint density at radius 1 is 0.396 bits per heavy atom. The molecule has 0 saturated carbocycles. The van der Waals surface area contributed by atoms with E-state index in [1.54, 1.807) is 0 Å². The maximum Gasteiger partial charge on any atom is 0.143 e. The van der Waals surface area contributed by atoms with Gasteiger partial charge in [-0.05, 0) is 87.9 Å². The van der Waals surface area contributed by atoms with Crippen LogP contribution >= 0.6 is 0 Å². The van der Waals surface area contributed by atoms with E-state index in [0.717, 1.165) is 50.1 Å². The van der Waals surface area contributed by atoms with Crippen LogP contribution in [0.5, 0.6) is 0 Å². The maximum atomic E-state index is 6.73. The van der Waals surface area contributed by atoms with Crippen LogP contribution in [0.1, 0.15) is 0 Å². The molecule has 0 fully saturated rings. The van der Waals surface area contributed by atoms with Gasteiger partial charge in [-0.15, -0.1) is 0 Å². The average molecular weight is 677 g/mol. The second-order valence-corrected chi connectivity index (χ2v) is 13.7. The van der Waals surface area contributed by atoms with Crippen LogP contribution in [0.4, 0.5) is 17.1 Å². The average Bonchev–Trinajstić information content (AvgIpc) is 3.78. The summed E-state index contributed by atoms with van der Waals surface area (Å²) in [6, 6.07) is 69.8. The van der Waals surface area contributed by atoms with Crippen molar-refractivity contribution in [2.75, 3.05) is 4.90 Å². The predicted octanol–water partition coefficient (Wildman–Crippen LogP) is 14.1. The zero-order valence-electron chi connectivity index (χ0n) is 28.8. The van der Waals surface area contributed by atoms with Crippen LogP contribution in [-0.2, 0) is 0 Å². The fourth-order valence-electron chi connectivity index (χ4n) is 8.33. The normalized spacial score (nSPS) is 11.8. The Morgan fingerprint density at radius 3 is 1.79 bits per heavy atom. The molecule has 0 aliphatic heterocycles. The third-order valence-corrected chi connectivity index (χ3v) is 10.8. The van der Waals surface area contributed by atoms with E-state index >= 15 is 0 Å². The zero-order chi connectivity index (χ0) is 34.9. The molecule has 0 radical (unpaired) electrons. The maximum absolute atomic E-state index is 6.73. The van der Waals surface area contributed by atoms with Gasteiger partial charge in [0.2, 0.25) is 0 Å². The molecule has 0 saturated heterocycles. The summed E-state index contributed by atoms with van der Waals surface area (Å²) in [6.07, 6.45) is 0. The minimum atomic E-state index is 0.862. The first kappa shape index (κ1) is 29.6. The summed E-state index contributed by atoms with van der Waals surface area (Å²) in [5, 5.41) is 9.42. The van der Waals surface area contributed by atoms with Crippen LogP contribution in [-0.4, -0.2) is 4.57 Å². The molecular formula is C50H32N2O. The van der Waals surface area contributed by atoms with Crippen molar-refractivity contribution in [3.63, 3.8) is 0 Å². The molecule has 0 bridgehead atoms. The summed E-state index contributed by atoms with van der Waals surface area (Å²) in [4.78, 5) is 2.41. The molecule has 9 aromatic carbocycles. The smallest absolute Gasteiger partial charge is 0.143 e. The molecule has 2 aromatic heterocycles. The highest BCUT2D eigenvalue weighted by Crippen LogP contribution is 2.47. The lowest BCUT2D eigenvalue weighted by Gasteiger charge is -2.29. The molecule has 53 heavy (non-hydrogen) atoms. The van der Waals surface area contributed by atoms with Gasteiger partial charge in [-0.25, -0.2) is 0 Å². The van der Waals surface area contributed by atoms with Crippen LogP contribution in [0, 0.1) is 0 Å². The molecule has 11 rings (SSSR count). The Bertz CT molecular complexity index is 3130. The largest absolute Gasteiger partial charge is 0.455 e. The monoisotopic (exact) mass is 676 g/mol. The van der Waals surface area contributed by atoms with E-state index in [9.17, 15) is 0 Å². The van der Waals surface area contributed by atoms with E-state index in [2.05, 4.69) is 204 Å². The van der Waals surface area contributed by atoms with Crippen molar-refractivity contribution in [3.8, 4) is 16.8 Å². The number of furan rings is 1. The van der Waals surface area contributed by atoms with Gasteiger partial charge in [0.05, 0.1) is 33.5 Å². The first-order valence-electron chi connectivity index (χ1n) is 18.1. The number of rotatable bonds is 5. The molecule has 0 atom stereocenters. The number of para-hydroxylation sites is 4. The number of hydrogen-bond donors (Lipinski definition) is 0. The molecule has 0 amide bonds. The predicted molar refractivity (Wildman–Crippen MR) is 223 cm³/mol. The number of aromatic nitrogens is 1. The quantitative estimate of drug-likeness (QED) is 0.181. The third-order valence-electron chi connectivity index (χ3n) is 10.8. The lowest BCUT2D eigenvalue weighted by atomic mass is 10.0. The van der Waals surface area contributed by atoms with Gasteiger partial charge < -0.3 is 13.9 Å². The Hall–Kier alpha value is -7.10. The molecule has 0 unspecified atom stereocenters. The van der Waals surface area contributed by atoms with Crippen molar-refractivity contribution < 1.29 is 4.42 Å². The minimum absolute atomic E-state index is 0.862. The lowest BCUT2D eigenvalue weighted by Crippen LogP contribution is -2.13. The van der Waals surface area contributed by atoms with Gasteiger partial charge >= 0.3 is 0 Å². The first-order chi connectivity index (χ1) is 26.3. The van der Waals surface area contributed by atoms with Crippen molar-refractivity contribution in [1.82, 2.24) is 4.57 Å². The number of anilines is 3. The van der Waals surface area contributed by atoms with Crippen LogP contribution < -0.4 is 4.90 Å². The number of benzene rings is 9. The fraction of sp³-hybridized carbons (Fsp3) is 0. The number of hydrogen-bond acceptors (Lipinski definition) is 2. The molecule has 0 spiro atoms. The van der Waals surface area contributed by atoms with Gasteiger partial charge in [-0.3, -0.25) is 0 Å². The molecule has 11 aromatic rings. The lowest BCUT2D eigenvalue weighted by molar-refractivity contribution is 0.672. The number of nitrogens with zero attached hydrogens (tertiary/aromatic N) is 2. The van der Waals surface area contributed by atoms with Crippen LogP contribution in [0.3, 0.4) is 0 Å². The van der Waals surface area contributed by atoms with E-state index in [1.807, 2.05) is 0 Å². The first-order valence-corrected chi connectivity index (χ1v) is 18.1. The summed E-state index contributed by atoms with van der Waals surface area (Å²) in [7, 11) is 0. The Morgan fingerprint density at radius 2 is 1.00 bits per heavy atom. The molecule has 0 aliphatic carbocycles. The van der Waals surface area contributed by atoms with E-state index < -0.39 is 0 Å². The summed E-state index contributed by atoms with van der Waals surface area (Å²) in [5.41, 5.74) is 10.8. The van der Waals surface area contributed by atoms with Crippen LogP contribution in [0.25, 0.3) is 82.1 Å². The highest BCUT2D eigenvalue weighted by Gasteiger charge is 2.24. The zero-order valence-corrected chi connectivity index (χ0v) is 28.8. The molecule has 2 heterocycles. The fourth-order valence-corrected chi connectivity index (χ4v) is 8.33. The van der Waals surface area contributed by atoms with Crippen molar-refractivity contribution in [2.45, 2.75) is 0 Å². The molecule has 0 aliphatic rings. The Kier molecular flexibility index (Phi) is 6.55.